The van der Waals surface area contributed by atoms with Crippen LogP contribution in [0.2, 0.25) is 0 Å². The molecule has 144 valence electrons. The van der Waals surface area contributed by atoms with Crippen molar-refractivity contribution in [1.29, 1.82) is 0 Å². The molecule has 0 aliphatic heterocycles. The van der Waals surface area contributed by atoms with E-state index in [9.17, 15) is 4.79 Å². The lowest BCUT2D eigenvalue weighted by atomic mass is 10.1. The molecule has 7 heteroatoms. The molecule has 2 aromatic heterocycles. The van der Waals surface area contributed by atoms with Crippen molar-refractivity contribution in [3.63, 3.8) is 0 Å². The quantitative estimate of drug-likeness (QED) is 0.546. The molecule has 2 aromatic carbocycles. The molecule has 0 fully saturated rings. The van der Waals surface area contributed by atoms with Crippen LogP contribution in [0.1, 0.15) is 29.0 Å². The first-order valence-corrected chi connectivity index (χ1v) is 9.26. The SMILES string of the molecule is CNC(=O)c1cncc(-c2ccc3ncnc(NC(C)c4ccccc4)c3c2)n1. The van der Waals surface area contributed by atoms with E-state index in [-0.39, 0.29) is 17.6 Å². The minimum atomic E-state index is -0.275. The van der Waals surface area contributed by atoms with Crippen molar-refractivity contribution >= 4 is 22.6 Å². The van der Waals surface area contributed by atoms with Crippen LogP contribution in [0.3, 0.4) is 0 Å². The Morgan fingerprint density at radius 3 is 2.66 bits per heavy atom. The maximum Gasteiger partial charge on any atom is 0.271 e. The van der Waals surface area contributed by atoms with E-state index in [1.807, 2.05) is 36.4 Å². The molecule has 0 bridgehead atoms. The summed E-state index contributed by atoms with van der Waals surface area (Å²) in [6.07, 6.45) is 4.63. The van der Waals surface area contributed by atoms with E-state index < -0.39 is 0 Å². The summed E-state index contributed by atoms with van der Waals surface area (Å²) in [5, 5.41) is 6.91. The highest BCUT2D eigenvalue weighted by molar-refractivity contribution is 5.94. The number of hydrogen-bond acceptors (Lipinski definition) is 6. The first-order valence-electron chi connectivity index (χ1n) is 9.26. The van der Waals surface area contributed by atoms with Gasteiger partial charge in [-0.15, -0.1) is 0 Å². The van der Waals surface area contributed by atoms with Crippen LogP contribution in [0.25, 0.3) is 22.2 Å². The second kappa shape index (κ2) is 8.02. The fraction of sp³-hybridized carbons (Fsp3) is 0.136. The maximum atomic E-state index is 11.9. The van der Waals surface area contributed by atoms with Crippen LogP contribution in [0.4, 0.5) is 5.82 Å². The van der Waals surface area contributed by atoms with Crippen molar-refractivity contribution in [2.75, 3.05) is 12.4 Å². The number of hydrogen-bond donors (Lipinski definition) is 2. The first-order chi connectivity index (χ1) is 14.2. The van der Waals surface area contributed by atoms with Crippen molar-refractivity contribution in [3.8, 4) is 11.3 Å². The van der Waals surface area contributed by atoms with Gasteiger partial charge in [-0.2, -0.15) is 0 Å². The van der Waals surface area contributed by atoms with E-state index in [2.05, 4.69) is 49.6 Å². The molecule has 1 unspecified atom stereocenters. The van der Waals surface area contributed by atoms with Gasteiger partial charge in [-0.05, 0) is 24.6 Å². The molecule has 0 radical (unpaired) electrons. The lowest BCUT2D eigenvalue weighted by Crippen LogP contribution is -2.19. The molecule has 29 heavy (non-hydrogen) atoms. The second-order valence-corrected chi connectivity index (χ2v) is 6.60. The first kappa shape index (κ1) is 18.5. The monoisotopic (exact) mass is 384 g/mol. The Bertz CT molecular complexity index is 1160. The normalized spacial score (nSPS) is 11.8. The Hall–Kier alpha value is -3.87. The lowest BCUT2D eigenvalue weighted by Gasteiger charge is -2.16. The van der Waals surface area contributed by atoms with Gasteiger partial charge >= 0.3 is 0 Å². The summed E-state index contributed by atoms with van der Waals surface area (Å²) in [6, 6.07) is 16.1. The zero-order chi connectivity index (χ0) is 20.2. The van der Waals surface area contributed by atoms with Gasteiger partial charge in [0.15, 0.2) is 0 Å². The number of nitrogens with one attached hydrogen (secondary N) is 2. The predicted octanol–water partition coefficient (Wildman–Crippen LogP) is 3.62. The highest BCUT2D eigenvalue weighted by Crippen LogP contribution is 2.28. The average Bonchev–Trinajstić information content (AvgIpc) is 2.79. The van der Waals surface area contributed by atoms with Gasteiger partial charge in [0, 0.05) is 24.0 Å². The Morgan fingerprint density at radius 2 is 1.86 bits per heavy atom. The molecular weight excluding hydrogens is 364 g/mol. The van der Waals surface area contributed by atoms with Gasteiger partial charge in [-0.25, -0.2) is 15.0 Å². The number of fused-ring (bicyclic) bond motifs is 1. The highest BCUT2D eigenvalue weighted by atomic mass is 16.1. The minimum absolute atomic E-state index is 0.0781. The number of amides is 1. The van der Waals surface area contributed by atoms with Crippen molar-refractivity contribution < 1.29 is 4.79 Å². The number of carbonyl (C=O) groups is 1. The number of aromatic nitrogens is 4. The van der Waals surface area contributed by atoms with Gasteiger partial charge in [0.05, 0.1) is 23.6 Å². The number of carbonyl (C=O) groups excluding carboxylic acids is 1. The number of benzene rings is 2. The van der Waals surface area contributed by atoms with Gasteiger partial charge in [-0.1, -0.05) is 36.4 Å². The van der Waals surface area contributed by atoms with E-state index in [0.29, 0.717) is 5.69 Å². The van der Waals surface area contributed by atoms with Crippen molar-refractivity contribution in [2.45, 2.75) is 13.0 Å². The number of anilines is 1. The van der Waals surface area contributed by atoms with Gasteiger partial charge in [0.2, 0.25) is 0 Å². The van der Waals surface area contributed by atoms with E-state index in [4.69, 9.17) is 0 Å². The third-order valence-corrected chi connectivity index (χ3v) is 4.68. The number of rotatable bonds is 5. The van der Waals surface area contributed by atoms with Crippen LogP contribution in [-0.2, 0) is 0 Å². The van der Waals surface area contributed by atoms with Crippen LogP contribution in [0.5, 0.6) is 0 Å². The third kappa shape index (κ3) is 3.89. The standard InChI is InChI=1S/C22H20N6O/c1-14(15-6-4-3-5-7-15)27-21-17-10-16(8-9-18(17)25-13-26-21)19-11-24-12-20(28-19)22(29)23-2/h3-14H,1-2H3,(H,23,29)(H,25,26,27). The molecule has 2 heterocycles. The predicted molar refractivity (Wildman–Crippen MR) is 112 cm³/mol. The molecule has 0 saturated carbocycles. The zero-order valence-corrected chi connectivity index (χ0v) is 16.1. The summed E-state index contributed by atoms with van der Waals surface area (Å²) in [6.45, 7) is 2.09. The Balaban J connectivity index is 1.72. The van der Waals surface area contributed by atoms with Crippen LogP contribution >= 0.6 is 0 Å². The smallest absolute Gasteiger partial charge is 0.271 e. The molecular formula is C22H20N6O. The van der Waals surface area contributed by atoms with Crippen LogP contribution in [0, 0.1) is 0 Å². The molecule has 0 spiro atoms. The van der Waals surface area contributed by atoms with E-state index >= 15 is 0 Å². The Morgan fingerprint density at radius 1 is 1.03 bits per heavy atom. The fourth-order valence-corrected chi connectivity index (χ4v) is 3.10. The molecule has 7 nitrogen and oxygen atoms in total. The van der Waals surface area contributed by atoms with E-state index in [0.717, 1.165) is 22.3 Å². The van der Waals surface area contributed by atoms with Crippen molar-refractivity contribution in [3.05, 3.63) is 78.5 Å². The lowest BCUT2D eigenvalue weighted by molar-refractivity contribution is 0.0958. The maximum absolute atomic E-state index is 11.9. The molecule has 0 aliphatic rings. The van der Waals surface area contributed by atoms with Gasteiger partial charge in [0.25, 0.3) is 5.91 Å². The van der Waals surface area contributed by atoms with Crippen LogP contribution in [0.15, 0.2) is 67.3 Å². The molecule has 0 saturated heterocycles. The number of nitrogens with zero attached hydrogens (tertiary/aromatic N) is 4. The largest absolute Gasteiger partial charge is 0.363 e. The molecule has 0 aliphatic carbocycles. The Kier molecular flexibility index (Phi) is 5.11. The van der Waals surface area contributed by atoms with Crippen LogP contribution < -0.4 is 10.6 Å². The second-order valence-electron chi connectivity index (χ2n) is 6.60. The fourth-order valence-electron chi connectivity index (χ4n) is 3.10. The average molecular weight is 384 g/mol. The van der Waals surface area contributed by atoms with Gasteiger partial charge in [-0.3, -0.25) is 9.78 Å². The third-order valence-electron chi connectivity index (χ3n) is 4.68. The molecule has 4 aromatic rings. The van der Waals surface area contributed by atoms with E-state index in [1.54, 1.807) is 19.6 Å². The molecule has 2 N–H and O–H groups in total. The highest BCUT2D eigenvalue weighted by Gasteiger charge is 2.12. The summed E-state index contributed by atoms with van der Waals surface area (Å²) in [5.41, 5.74) is 3.70. The van der Waals surface area contributed by atoms with E-state index in [1.165, 1.54) is 11.8 Å². The summed E-state index contributed by atoms with van der Waals surface area (Å²) >= 11 is 0. The summed E-state index contributed by atoms with van der Waals surface area (Å²) in [5.74, 6) is 0.464. The summed E-state index contributed by atoms with van der Waals surface area (Å²) in [4.78, 5) is 29.3. The van der Waals surface area contributed by atoms with Gasteiger partial charge in [0.1, 0.15) is 17.8 Å². The molecule has 1 amide bonds. The van der Waals surface area contributed by atoms with Crippen molar-refractivity contribution in [2.24, 2.45) is 0 Å². The molecule has 1 atom stereocenters. The summed E-state index contributed by atoms with van der Waals surface area (Å²) in [7, 11) is 1.57. The zero-order valence-electron chi connectivity index (χ0n) is 16.1. The molecule has 4 rings (SSSR count). The Labute approximate surface area is 168 Å². The van der Waals surface area contributed by atoms with Crippen LogP contribution in [-0.4, -0.2) is 32.9 Å². The summed E-state index contributed by atoms with van der Waals surface area (Å²) < 4.78 is 0. The minimum Gasteiger partial charge on any atom is -0.363 e. The topological polar surface area (TPSA) is 92.7 Å². The van der Waals surface area contributed by atoms with Crippen molar-refractivity contribution in [1.82, 2.24) is 25.3 Å². The van der Waals surface area contributed by atoms with Gasteiger partial charge < -0.3 is 10.6 Å².